The summed E-state index contributed by atoms with van der Waals surface area (Å²) >= 11 is 0. The summed E-state index contributed by atoms with van der Waals surface area (Å²) in [7, 11) is 0. The van der Waals surface area contributed by atoms with Gasteiger partial charge in [0.05, 0.1) is 23.9 Å². The average molecular weight is 268 g/mol. The first kappa shape index (κ1) is 14.3. The third kappa shape index (κ3) is 3.06. The van der Waals surface area contributed by atoms with E-state index in [0.717, 1.165) is 24.2 Å². The number of aromatic nitrogens is 2. The van der Waals surface area contributed by atoms with Gasteiger partial charge in [0, 0.05) is 11.7 Å². The minimum absolute atomic E-state index is 0.139. The Morgan fingerprint density at radius 2 is 1.95 bits per heavy atom. The Labute approximate surface area is 119 Å². The second-order valence-electron chi connectivity index (χ2n) is 5.30. The van der Waals surface area contributed by atoms with Gasteiger partial charge in [-0.25, -0.2) is 0 Å². The fourth-order valence-electron chi connectivity index (χ4n) is 2.36. The third-order valence-electron chi connectivity index (χ3n) is 3.47. The van der Waals surface area contributed by atoms with Crippen molar-refractivity contribution in [1.82, 2.24) is 9.78 Å². The van der Waals surface area contributed by atoms with Gasteiger partial charge in [-0.3, -0.25) is 4.68 Å². The van der Waals surface area contributed by atoms with Gasteiger partial charge in [0.15, 0.2) is 0 Å². The van der Waals surface area contributed by atoms with Crippen LogP contribution in [0.25, 0.3) is 0 Å². The number of nitriles is 1. The van der Waals surface area contributed by atoms with Crippen molar-refractivity contribution in [2.45, 2.75) is 39.8 Å². The molecule has 2 N–H and O–H groups in total. The van der Waals surface area contributed by atoms with E-state index in [1.807, 2.05) is 42.8 Å². The van der Waals surface area contributed by atoms with E-state index >= 15 is 0 Å². The predicted octanol–water partition coefficient (Wildman–Crippen LogP) is 2.31. The lowest BCUT2D eigenvalue weighted by molar-refractivity contribution is 0.656. The molecule has 104 valence electrons. The van der Waals surface area contributed by atoms with Crippen LogP contribution >= 0.6 is 0 Å². The lowest BCUT2D eigenvalue weighted by Crippen LogP contribution is -2.18. The number of aryl methyl sites for hydroxylation is 1. The van der Waals surface area contributed by atoms with Crippen LogP contribution in [0.15, 0.2) is 24.3 Å². The minimum atomic E-state index is 0.139. The van der Waals surface area contributed by atoms with Crippen molar-refractivity contribution in [3.63, 3.8) is 0 Å². The van der Waals surface area contributed by atoms with Crippen LogP contribution in [-0.4, -0.2) is 15.8 Å². The van der Waals surface area contributed by atoms with E-state index < -0.39 is 0 Å². The maximum Gasteiger partial charge on any atom is 0.0991 e. The Morgan fingerprint density at radius 3 is 2.50 bits per heavy atom. The maximum absolute atomic E-state index is 8.81. The van der Waals surface area contributed by atoms with Gasteiger partial charge in [0.1, 0.15) is 0 Å². The Morgan fingerprint density at radius 1 is 1.30 bits per heavy atom. The smallest absolute Gasteiger partial charge is 0.0991 e. The molecule has 0 aliphatic rings. The van der Waals surface area contributed by atoms with Gasteiger partial charge in [0.2, 0.25) is 0 Å². The van der Waals surface area contributed by atoms with Crippen LogP contribution in [0.5, 0.6) is 0 Å². The molecule has 0 aliphatic carbocycles. The number of rotatable bonds is 4. The standard InChI is InChI=1S/C16H20N4/c1-11(18)8-16-12(2)19-20(13(16)3)10-15-6-4-14(9-17)5-7-15/h4-7,11H,8,10,18H2,1-3H3. The fraction of sp³-hybridized carbons (Fsp3) is 0.375. The normalized spacial score (nSPS) is 12.2. The van der Waals surface area contributed by atoms with E-state index in [-0.39, 0.29) is 6.04 Å². The lowest BCUT2D eigenvalue weighted by atomic mass is 10.1. The first-order valence-electron chi connectivity index (χ1n) is 6.78. The summed E-state index contributed by atoms with van der Waals surface area (Å²) in [5.41, 5.74) is 11.2. The highest BCUT2D eigenvalue weighted by Gasteiger charge is 2.13. The summed E-state index contributed by atoms with van der Waals surface area (Å²) in [5, 5.41) is 13.4. The van der Waals surface area contributed by atoms with Crippen LogP contribution in [0, 0.1) is 25.2 Å². The lowest BCUT2D eigenvalue weighted by Gasteiger charge is -2.07. The molecule has 0 radical (unpaired) electrons. The molecule has 1 atom stereocenters. The van der Waals surface area contributed by atoms with Gasteiger partial charge in [-0.05, 0) is 50.5 Å². The minimum Gasteiger partial charge on any atom is -0.328 e. The van der Waals surface area contributed by atoms with E-state index in [0.29, 0.717) is 5.56 Å². The molecule has 1 heterocycles. The molecule has 0 bridgehead atoms. The monoisotopic (exact) mass is 268 g/mol. The Bertz CT molecular complexity index is 630. The van der Waals surface area contributed by atoms with E-state index in [2.05, 4.69) is 18.1 Å². The summed E-state index contributed by atoms with van der Waals surface area (Å²) in [6, 6.07) is 9.89. The third-order valence-corrected chi connectivity index (χ3v) is 3.47. The summed E-state index contributed by atoms with van der Waals surface area (Å²) in [6.07, 6.45) is 0.852. The van der Waals surface area contributed by atoms with Crippen LogP contribution in [0.3, 0.4) is 0 Å². The molecule has 0 spiro atoms. The Hall–Kier alpha value is -2.12. The highest BCUT2D eigenvalue weighted by Crippen LogP contribution is 2.16. The maximum atomic E-state index is 8.81. The van der Waals surface area contributed by atoms with Crippen LogP contribution < -0.4 is 5.73 Å². The summed E-state index contributed by atoms with van der Waals surface area (Å²) in [4.78, 5) is 0. The highest BCUT2D eigenvalue weighted by atomic mass is 15.3. The quantitative estimate of drug-likeness (QED) is 0.925. The molecule has 20 heavy (non-hydrogen) atoms. The number of benzene rings is 1. The summed E-state index contributed by atoms with van der Waals surface area (Å²) < 4.78 is 2.01. The van der Waals surface area contributed by atoms with E-state index in [4.69, 9.17) is 11.0 Å². The zero-order valence-corrected chi connectivity index (χ0v) is 12.2. The second kappa shape index (κ2) is 5.89. The van der Waals surface area contributed by atoms with Crippen molar-refractivity contribution in [1.29, 1.82) is 5.26 Å². The molecule has 1 unspecified atom stereocenters. The number of nitrogens with two attached hydrogens (primary N) is 1. The molecular formula is C16H20N4. The molecule has 0 saturated heterocycles. The molecule has 2 aromatic rings. The SMILES string of the molecule is Cc1nn(Cc2ccc(C#N)cc2)c(C)c1CC(C)N. The molecule has 1 aromatic heterocycles. The van der Waals surface area contributed by atoms with Gasteiger partial charge in [0.25, 0.3) is 0 Å². The van der Waals surface area contributed by atoms with Crippen molar-refractivity contribution in [2.75, 3.05) is 0 Å². The zero-order chi connectivity index (χ0) is 14.7. The number of nitrogens with zero attached hydrogens (tertiary/aromatic N) is 3. The molecule has 0 fully saturated rings. The molecule has 2 rings (SSSR count). The van der Waals surface area contributed by atoms with Gasteiger partial charge >= 0.3 is 0 Å². The van der Waals surface area contributed by atoms with Crippen LogP contribution in [0.4, 0.5) is 0 Å². The Kier molecular flexibility index (Phi) is 4.21. The molecule has 0 aliphatic heterocycles. The predicted molar refractivity (Wildman–Crippen MR) is 79.3 cm³/mol. The van der Waals surface area contributed by atoms with E-state index in [9.17, 15) is 0 Å². The van der Waals surface area contributed by atoms with Crippen LogP contribution in [0.2, 0.25) is 0 Å². The molecular weight excluding hydrogens is 248 g/mol. The van der Waals surface area contributed by atoms with E-state index in [1.165, 1.54) is 11.3 Å². The fourth-order valence-corrected chi connectivity index (χ4v) is 2.36. The van der Waals surface area contributed by atoms with Crippen molar-refractivity contribution in [2.24, 2.45) is 5.73 Å². The number of hydrogen-bond acceptors (Lipinski definition) is 3. The summed E-state index contributed by atoms with van der Waals surface area (Å²) in [6.45, 7) is 6.84. The van der Waals surface area contributed by atoms with Gasteiger partial charge < -0.3 is 5.73 Å². The zero-order valence-electron chi connectivity index (χ0n) is 12.2. The van der Waals surface area contributed by atoms with Crippen LogP contribution in [-0.2, 0) is 13.0 Å². The van der Waals surface area contributed by atoms with E-state index in [1.54, 1.807) is 0 Å². The molecule has 1 aromatic carbocycles. The molecule has 4 nitrogen and oxygen atoms in total. The largest absolute Gasteiger partial charge is 0.328 e. The van der Waals surface area contributed by atoms with Crippen molar-refractivity contribution in [3.8, 4) is 6.07 Å². The number of hydrogen-bond donors (Lipinski definition) is 1. The summed E-state index contributed by atoms with van der Waals surface area (Å²) in [5.74, 6) is 0. The Balaban J connectivity index is 2.23. The molecule has 4 heteroatoms. The molecule has 0 amide bonds. The average Bonchev–Trinajstić information content (AvgIpc) is 2.67. The second-order valence-corrected chi connectivity index (χ2v) is 5.30. The first-order chi connectivity index (χ1) is 9.51. The van der Waals surface area contributed by atoms with Crippen molar-refractivity contribution in [3.05, 3.63) is 52.3 Å². The highest BCUT2D eigenvalue weighted by molar-refractivity contribution is 5.32. The topological polar surface area (TPSA) is 67.6 Å². The van der Waals surface area contributed by atoms with Gasteiger partial charge in [-0.1, -0.05) is 12.1 Å². The van der Waals surface area contributed by atoms with Gasteiger partial charge in [-0.2, -0.15) is 10.4 Å². The molecule has 0 saturated carbocycles. The first-order valence-corrected chi connectivity index (χ1v) is 6.78. The van der Waals surface area contributed by atoms with Crippen molar-refractivity contribution < 1.29 is 0 Å². The van der Waals surface area contributed by atoms with Gasteiger partial charge in [-0.15, -0.1) is 0 Å². The van der Waals surface area contributed by atoms with Crippen molar-refractivity contribution >= 4 is 0 Å². The van der Waals surface area contributed by atoms with Crippen LogP contribution in [0.1, 0.15) is 35.0 Å².